The van der Waals surface area contributed by atoms with Crippen LogP contribution in [0.3, 0.4) is 0 Å². The van der Waals surface area contributed by atoms with Crippen LogP contribution in [0.15, 0.2) is 36.4 Å². The molecule has 2 nitrogen and oxygen atoms in total. The highest BCUT2D eigenvalue weighted by Gasteiger charge is 2.53. The number of allylic oxidation sites excluding steroid dienone is 2. The van der Waals surface area contributed by atoms with Crippen molar-refractivity contribution in [3.8, 4) is 0 Å². The van der Waals surface area contributed by atoms with Crippen molar-refractivity contribution in [2.24, 2.45) is 17.8 Å². The summed E-state index contributed by atoms with van der Waals surface area (Å²) in [5.41, 5.74) is 2.22. The summed E-state index contributed by atoms with van der Waals surface area (Å²) >= 11 is 0. The minimum atomic E-state index is 0.239. The Morgan fingerprint density at radius 2 is 1.80 bits per heavy atom. The quantitative estimate of drug-likeness (QED) is 0.819. The number of aryl methyl sites for hydroxylation is 1. The van der Waals surface area contributed by atoms with Gasteiger partial charge in [0.05, 0.1) is 0 Å². The maximum atomic E-state index is 12.5. The van der Waals surface area contributed by atoms with Crippen LogP contribution in [0.25, 0.3) is 0 Å². The lowest BCUT2D eigenvalue weighted by atomic mass is 10.1. The zero-order chi connectivity index (χ0) is 13.9. The smallest absolute Gasteiger partial charge is 0.228 e. The summed E-state index contributed by atoms with van der Waals surface area (Å²) in [6.45, 7) is 2.13. The first kappa shape index (κ1) is 13.4. The molecule has 2 aliphatic rings. The van der Waals surface area contributed by atoms with Crippen LogP contribution in [0.5, 0.6) is 0 Å². The highest BCUT2D eigenvalue weighted by Crippen LogP contribution is 2.53. The van der Waals surface area contributed by atoms with Crippen molar-refractivity contribution < 1.29 is 4.79 Å². The normalized spacial score (nSPS) is 28.1. The number of hydrogen-bond donors (Lipinski definition) is 1. The van der Waals surface area contributed by atoms with Crippen LogP contribution in [0.2, 0.25) is 0 Å². The van der Waals surface area contributed by atoms with Gasteiger partial charge in [0.15, 0.2) is 0 Å². The van der Waals surface area contributed by atoms with Gasteiger partial charge in [-0.05, 0) is 55.6 Å². The predicted octanol–water partition coefficient (Wildman–Crippen LogP) is 4.18. The maximum absolute atomic E-state index is 12.5. The molecule has 0 unspecified atom stereocenters. The van der Waals surface area contributed by atoms with E-state index in [4.69, 9.17) is 0 Å². The fourth-order valence-electron chi connectivity index (χ4n) is 3.60. The predicted molar refractivity (Wildman–Crippen MR) is 82.5 cm³/mol. The molecule has 1 amide bonds. The molecular weight excluding hydrogens is 246 g/mol. The van der Waals surface area contributed by atoms with E-state index in [1.807, 2.05) is 18.2 Å². The van der Waals surface area contributed by atoms with Crippen LogP contribution in [0, 0.1) is 17.8 Å². The molecule has 1 N–H and O–H groups in total. The largest absolute Gasteiger partial charge is 0.326 e. The molecule has 2 atom stereocenters. The summed E-state index contributed by atoms with van der Waals surface area (Å²) < 4.78 is 0. The Kier molecular flexibility index (Phi) is 3.90. The van der Waals surface area contributed by atoms with Crippen molar-refractivity contribution >= 4 is 11.6 Å². The average Bonchev–Trinajstić information content (AvgIpc) is 3.10. The van der Waals surface area contributed by atoms with Gasteiger partial charge in [-0.3, -0.25) is 4.79 Å². The van der Waals surface area contributed by atoms with Crippen molar-refractivity contribution in [2.75, 3.05) is 5.32 Å². The van der Waals surface area contributed by atoms with E-state index in [1.165, 1.54) is 18.4 Å². The summed E-state index contributed by atoms with van der Waals surface area (Å²) in [6.07, 6.45) is 10.1. The second kappa shape index (κ2) is 5.82. The maximum Gasteiger partial charge on any atom is 0.228 e. The van der Waals surface area contributed by atoms with Gasteiger partial charge < -0.3 is 5.32 Å². The van der Waals surface area contributed by atoms with E-state index >= 15 is 0 Å². The lowest BCUT2D eigenvalue weighted by Gasteiger charge is -2.09. The number of benzene rings is 1. The number of hydrogen-bond acceptors (Lipinski definition) is 1. The summed E-state index contributed by atoms with van der Waals surface area (Å²) in [6, 6.07) is 8.14. The third-order valence-corrected chi connectivity index (χ3v) is 4.79. The number of para-hydroxylation sites is 1. The number of anilines is 1. The minimum Gasteiger partial charge on any atom is -0.326 e. The molecule has 2 heteroatoms. The molecule has 20 heavy (non-hydrogen) atoms. The standard InChI is InChI=1S/C18H23NO/c1-2-13-9-7-8-12-16(13)19-18(20)17-14-10-5-3-4-6-11-15(14)17/h3-4,7-9,12,14-15,17H,2,5-6,10-11H2,1H3,(H,19,20)/t14-,15-/m0/s1. The first-order valence-corrected chi connectivity index (χ1v) is 7.85. The molecule has 1 saturated carbocycles. The Labute approximate surface area is 121 Å². The number of carbonyl (C=O) groups excluding carboxylic acids is 1. The second-order valence-electron chi connectivity index (χ2n) is 5.98. The molecule has 1 aromatic rings. The van der Waals surface area contributed by atoms with Gasteiger partial charge >= 0.3 is 0 Å². The molecule has 0 bridgehead atoms. The molecule has 0 saturated heterocycles. The van der Waals surface area contributed by atoms with Gasteiger partial charge in [0, 0.05) is 11.6 Å². The molecule has 1 aromatic carbocycles. The fraction of sp³-hybridized carbons (Fsp3) is 0.500. The summed E-state index contributed by atoms with van der Waals surface area (Å²) in [4.78, 5) is 12.5. The van der Waals surface area contributed by atoms with Gasteiger partial charge in [-0.1, -0.05) is 37.3 Å². The lowest BCUT2D eigenvalue weighted by molar-refractivity contribution is -0.117. The third kappa shape index (κ3) is 2.65. The van der Waals surface area contributed by atoms with E-state index in [1.54, 1.807) is 0 Å². The summed E-state index contributed by atoms with van der Waals surface area (Å²) in [5, 5.41) is 3.16. The van der Waals surface area contributed by atoms with Gasteiger partial charge in [0.25, 0.3) is 0 Å². The van der Waals surface area contributed by atoms with Gasteiger partial charge in [0.1, 0.15) is 0 Å². The number of rotatable bonds is 3. The lowest BCUT2D eigenvalue weighted by Crippen LogP contribution is -2.16. The highest BCUT2D eigenvalue weighted by atomic mass is 16.2. The Hall–Kier alpha value is -1.57. The van der Waals surface area contributed by atoms with Crippen LogP contribution in [-0.4, -0.2) is 5.91 Å². The van der Waals surface area contributed by atoms with Crippen molar-refractivity contribution in [2.45, 2.75) is 39.0 Å². The van der Waals surface area contributed by atoms with Gasteiger partial charge in [-0.15, -0.1) is 0 Å². The number of nitrogens with one attached hydrogen (secondary N) is 1. The van der Waals surface area contributed by atoms with Gasteiger partial charge in [-0.2, -0.15) is 0 Å². The Morgan fingerprint density at radius 3 is 2.45 bits per heavy atom. The molecule has 0 radical (unpaired) electrons. The second-order valence-corrected chi connectivity index (χ2v) is 5.98. The van der Waals surface area contributed by atoms with Crippen molar-refractivity contribution in [1.82, 2.24) is 0 Å². The minimum absolute atomic E-state index is 0.239. The molecular formula is C18H23NO. The van der Waals surface area contributed by atoms with Crippen LogP contribution >= 0.6 is 0 Å². The first-order chi connectivity index (χ1) is 9.81. The molecule has 2 aliphatic carbocycles. The van der Waals surface area contributed by atoms with Crippen molar-refractivity contribution in [1.29, 1.82) is 0 Å². The molecule has 0 heterocycles. The first-order valence-electron chi connectivity index (χ1n) is 7.85. The van der Waals surface area contributed by atoms with Gasteiger partial charge in [0.2, 0.25) is 5.91 Å². The van der Waals surface area contributed by atoms with Crippen molar-refractivity contribution in [3.05, 3.63) is 42.0 Å². The van der Waals surface area contributed by atoms with Crippen LogP contribution < -0.4 is 5.32 Å². The van der Waals surface area contributed by atoms with E-state index in [9.17, 15) is 4.79 Å². The topological polar surface area (TPSA) is 29.1 Å². The molecule has 3 rings (SSSR count). The zero-order valence-electron chi connectivity index (χ0n) is 12.1. The molecule has 0 aromatic heterocycles. The van der Waals surface area contributed by atoms with E-state index in [0.29, 0.717) is 11.8 Å². The van der Waals surface area contributed by atoms with E-state index in [0.717, 1.165) is 24.9 Å². The summed E-state index contributed by atoms with van der Waals surface area (Å²) in [7, 11) is 0. The number of amides is 1. The van der Waals surface area contributed by atoms with E-state index in [2.05, 4.69) is 30.5 Å². The molecule has 106 valence electrons. The average molecular weight is 269 g/mol. The van der Waals surface area contributed by atoms with Crippen molar-refractivity contribution in [3.63, 3.8) is 0 Å². The van der Waals surface area contributed by atoms with E-state index < -0.39 is 0 Å². The van der Waals surface area contributed by atoms with Crippen LogP contribution in [0.1, 0.15) is 38.2 Å². The fourth-order valence-corrected chi connectivity index (χ4v) is 3.60. The molecule has 0 spiro atoms. The Bertz CT molecular complexity index is 504. The number of fused-ring (bicyclic) bond motifs is 1. The molecule has 0 aliphatic heterocycles. The third-order valence-electron chi connectivity index (χ3n) is 4.79. The summed E-state index contributed by atoms with van der Waals surface area (Å²) in [5.74, 6) is 1.73. The highest BCUT2D eigenvalue weighted by molar-refractivity contribution is 5.95. The number of carbonyl (C=O) groups is 1. The Morgan fingerprint density at radius 1 is 1.15 bits per heavy atom. The SMILES string of the molecule is CCc1ccccc1NC(=O)C1[C@H]2CCC=CCC[C@H]12. The van der Waals surface area contributed by atoms with Gasteiger partial charge in [-0.25, -0.2) is 0 Å². The Balaban J connectivity index is 1.66. The van der Waals surface area contributed by atoms with Crippen LogP contribution in [0.4, 0.5) is 5.69 Å². The van der Waals surface area contributed by atoms with E-state index in [-0.39, 0.29) is 11.8 Å². The zero-order valence-corrected chi connectivity index (χ0v) is 12.1. The van der Waals surface area contributed by atoms with Crippen LogP contribution in [-0.2, 0) is 11.2 Å². The molecule has 1 fully saturated rings. The monoisotopic (exact) mass is 269 g/mol.